The average Bonchev–Trinajstić information content (AvgIpc) is 2.81. The van der Waals surface area contributed by atoms with Gasteiger partial charge in [-0.25, -0.2) is 9.37 Å². The molecule has 0 saturated carbocycles. The van der Waals surface area contributed by atoms with Crippen LogP contribution in [-0.2, 0) is 0 Å². The molecule has 3 aromatic rings. The lowest BCUT2D eigenvalue weighted by atomic mass is 10.2. The van der Waals surface area contributed by atoms with E-state index in [9.17, 15) is 4.39 Å². The van der Waals surface area contributed by atoms with E-state index in [0.717, 1.165) is 0 Å². The molecule has 3 rings (SSSR count). The summed E-state index contributed by atoms with van der Waals surface area (Å²) >= 11 is 0. The first kappa shape index (κ1) is 13.2. The van der Waals surface area contributed by atoms with Crippen molar-refractivity contribution in [2.45, 2.75) is 0 Å². The molecule has 0 aliphatic rings. The van der Waals surface area contributed by atoms with E-state index in [-0.39, 0.29) is 11.8 Å². The number of nitrogens with zero attached hydrogens (tertiary/aromatic N) is 2. The predicted octanol–water partition coefficient (Wildman–Crippen LogP) is 2.76. The maximum Gasteiger partial charge on any atom is 0.206 e. The standard InChI is InChI=1S/C15H14FN3O2/c1-20-10-4-6-14(21-2)13(8-10)19-12-7-9(16)3-5-11(12)18-15(19)17/h3-8H,1-2H3,(H2,17,18). The summed E-state index contributed by atoms with van der Waals surface area (Å²) in [5, 5.41) is 0. The highest BCUT2D eigenvalue weighted by atomic mass is 19.1. The fourth-order valence-electron chi connectivity index (χ4n) is 2.29. The number of nitrogens with two attached hydrogens (primary N) is 1. The van der Waals surface area contributed by atoms with Crippen molar-refractivity contribution in [3.05, 3.63) is 42.2 Å². The Morgan fingerprint density at radius 2 is 1.90 bits per heavy atom. The van der Waals surface area contributed by atoms with Crippen molar-refractivity contribution >= 4 is 17.0 Å². The molecule has 0 saturated heterocycles. The Balaban J connectivity index is 2.33. The number of anilines is 1. The summed E-state index contributed by atoms with van der Waals surface area (Å²) in [5.41, 5.74) is 7.80. The molecule has 0 spiro atoms. The van der Waals surface area contributed by atoms with E-state index in [4.69, 9.17) is 15.2 Å². The number of benzene rings is 2. The largest absolute Gasteiger partial charge is 0.497 e. The highest BCUT2D eigenvalue weighted by Crippen LogP contribution is 2.32. The van der Waals surface area contributed by atoms with Gasteiger partial charge >= 0.3 is 0 Å². The van der Waals surface area contributed by atoms with E-state index in [1.54, 1.807) is 43.1 Å². The second-order valence-corrected chi connectivity index (χ2v) is 4.48. The number of rotatable bonds is 3. The maximum atomic E-state index is 13.5. The fraction of sp³-hybridized carbons (Fsp3) is 0.133. The molecule has 108 valence electrons. The molecule has 0 aliphatic heterocycles. The Bertz CT molecular complexity index is 814. The lowest BCUT2D eigenvalue weighted by Gasteiger charge is -2.13. The number of fused-ring (bicyclic) bond motifs is 1. The highest BCUT2D eigenvalue weighted by Gasteiger charge is 2.15. The third-order valence-electron chi connectivity index (χ3n) is 3.27. The molecule has 0 aliphatic carbocycles. The molecule has 2 aromatic carbocycles. The van der Waals surface area contributed by atoms with Gasteiger partial charge in [0.2, 0.25) is 5.95 Å². The van der Waals surface area contributed by atoms with Crippen LogP contribution in [0.25, 0.3) is 16.7 Å². The van der Waals surface area contributed by atoms with Gasteiger partial charge in [0.05, 0.1) is 30.9 Å². The van der Waals surface area contributed by atoms with Gasteiger partial charge in [-0.15, -0.1) is 0 Å². The molecule has 6 heteroatoms. The van der Waals surface area contributed by atoms with E-state index in [1.165, 1.54) is 12.1 Å². The van der Waals surface area contributed by atoms with Crippen LogP contribution < -0.4 is 15.2 Å². The predicted molar refractivity (Wildman–Crippen MR) is 78.5 cm³/mol. The molecular formula is C15H14FN3O2. The van der Waals surface area contributed by atoms with Gasteiger partial charge in [0.25, 0.3) is 0 Å². The second-order valence-electron chi connectivity index (χ2n) is 4.48. The second kappa shape index (κ2) is 4.97. The zero-order chi connectivity index (χ0) is 15.0. The Morgan fingerprint density at radius 1 is 1.10 bits per heavy atom. The van der Waals surface area contributed by atoms with Gasteiger partial charge in [0.15, 0.2) is 0 Å². The molecule has 0 unspecified atom stereocenters. The summed E-state index contributed by atoms with van der Waals surface area (Å²) < 4.78 is 25.7. The SMILES string of the molecule is COc1ccc(OC)c(-n2c(N)nc3ccc(F)cc32)c1. The first-order valence-electron chi connectivity index (χ1n) is 6.30. The number of halogens is 1. The van der Waals surface area contributed by atoms with Crippen LogP contribution in [-0.4, -0.2) is 23.8 Å². The molecule has 1 aromatic heterocycles. The minimum Gasteiger partial charge on any atom is -0.497 e. The number of methoxy groups -OCH3 is 2. The monoisotopic (exact) mass is 287 g/mol. The molecule has 0 atom stereocenters. The van der Waals surface area contributed by atoms with Gasteiger partial charge in [-0.05, 0) is 24.3 Å². The van der Waals surface area contributed by atoms with E-state index in [2.05, 4.69) is 4.98 Å². The Hall–Kier alpha value is -2.76. The lowest BCUT2D eigenvalue weighted by Crippen LogP contribution is -2.03. The molecular weight excluding hydrogens is 273 g/mol. The minimum absolute atomic E-state index is 0.252. The van der Waals surface area contributed by atoms with Crippen LogP contribution in [0.2, 0.25) is 0 Å². The average molecular weight is 287 g/mol. The van der Waals surface area contributed by atoms with Gasteiger partial charge in [-0.1, -0.05) is 0 Å². The van der Waals surface area contributed by atoms with Crippen molar-refractivity contribution in [2.75, 3.05) is 20.0 Å². The molecule has 0 fully saturated rings. The number of nitrogen functional groups attached to an aromatic ring is 1. The molecule has 2 N–H and O–H groups in total. The smallest absolute Gasteiger partial charge is 0.206 e. The zero-order valence-corrected chi connectivity index (χ0v) is 11.6. The molecule has 1 heterocycles. The number of imidazole rings is 1. The molecule has 5 nitrogen and oxygen atoms in total. The lowest BCUT2D eigenvalue weighted by molar-refractivity contribution is 0.402. The van der Waals surface area contributed by atoms with Crippen molar-refractivity contribution < 1.29 is 13.9 Å². The van der Waals surface area contributed by atoms with E-state index in [1.807, 2.05) is 0 Å². The van der Waals surface area contributed by atoms with Crippen molar-refractivity contribution in [3.8, 4) is 17.2 Å². The maximum absolute atomic E-state index is 13.5. The number of ether oxygens (including phenoxy) is 2. The first-order valence-corrected chi connectivity index (χ1v) is 6.30. The van der Waals surface area contributed by atoms with Crippen molar-refractivity contribution in [3.63, 3.8) is 0 Å². The quantitative estimate of drug-likeness (QED) is 0.804. The normalized spacial score (nSPS) is 10.8. The summed E-state index contributed by atoms with van der Waals surface area (Å²) in [4.78, 5) is 4.24. The zero-order valence-electron chi connectivity index (χ0n) is 11.6. The first-order chi connectivity index (χ1) is 10.1. The number of hydrogen-bond donors (Lipinski definition) is 1. The topological polar surface area (TPSA) is 62.3 Å². The van der Waals surface area contributed by atoms with Crippen LogP contribution in [0.15, 0.2) is 36.4 Å². The fourth-order valence-corrected chi connectivity index (χ4v) is 2.29. The van der Waals surface area contributed by atoms with Crippen LogP contribution in [0, 0.1) is 5.82 Å². The molecule has 0 bridgehead atoms. The van der Waals surface area contributed by atoms with E-state index in [0.29, 0.717) is 28.2 Å². The Morgan fingerprint density at radius 3 is 2.62 bits per heavy atom. The van der Waals surface area contributed by atoms with Crippen LogP contribution >= 0.6 is 0 Å². The van der Waals surface area contributed by atoms with E-state index >= 15 is 0 Å². The highest BCUT2D eigenvalue weighted by molar-refractivity contribution is 5.81. The summed E-state index contributed by atoms with van der Waals surface area (Å²) in [6.07, 6.45) is 0. The van der Waals surface area contributed by atoms with Gasteiger partial charge < -0.3 is 15.2 Å². The molecule has 0 amide bonds. The molecule has 0 radical (unpaired) electrons. The van der Waals surface area contributed by atoms with Crippen LogP contribution in [0.4, 0.5) is 10.3 Å². The van der Waals surface area contributed by atoms with E-state index < -0.39 is 0 Å². The van der Waals surface area contributed by atoms with Crippen LogP contribution in [0.1, 0.15) is 0 Å². The van der Waals surface area contributed by atoms with Gasteiger partial charge in [-0.3, -0.25) is 4.57 Å². The van der Waals surface area contributed by atoms with Crippen molar-refractivity contribution in [2.24, 2.45) is 0 Å². The van der Waals surface area contributed by atoms with Crippen LogP contribution in [0.3, 0.4) is 0 Å². The van der Waals surface area contributed by atoms with Gasteiger partial charge in [0, 0.05) is 12.1 Å². The summed E-state index contributed by atoms with van der Waals surface area (Å²) in [6.45, 7) is 0. The van der Waals surface area contributed by atoms with Crippen LogP contribution in [0.5, 0.6) is 11.5 Å². The summed E-state index contributed by atoms with van der Waals surface area (Å²) in [6, 6.07) is 9.63. The van der Waals surface area contributed by atoms with Gasteiger partial charge in [0.1, 0.15) is 17.3 Å². The number of aromatic nitrogens is 2. The van der Waals surface area contributed by atoms with Gasteiger partial charge in [-0.2, -0.15) is 0 Å². The number of hydrogen-bond acceptors (Lipinski definition) is 4. The summed E-state index contributed by atoms with van der Waals surface area (Å²) in [5.74, 6) is 1.13. The Kier molecular flexibility index (Phi) is 3.13. The molecule has 21 heavy (non-hydrogen) atoms. The Labute approximate surface area is 120 Å². The third-order valence-corrected chi connectivity index (χ3v) is 3.27. The third kappa shape index (κ3) is 2.14. The minimum atomic E-state index is -0.356. The van der Waals surface area contributed by atoms with Crippen molar-refractivity contribution in [1.29, 1.82) is 0 Å². The summed E-state index contributed by atoms with van der Waals surface area (Å²) in [7, 11) is 3.13. The van der Waals surface area contributed by atoms with Crippen molar-refractivity contribution in [1.82, 2.24) is 9.55 Å².